The fourth-order valence-corrected chi connectivity index (χ4v) is 2.69. The molecule has 0 aromatic carbocycles. The van der Waals surface area contributed by atoms with E-state index in [1.54, 1.807) is 0 Å². The molecule has 1 saturated heterocycles. The van der Waals surface area contributed by atoms with Crippen molar-refractivity contribution in [2.75, 3.05) is 26.4 Å². The minimum Gasteiger partial charge on any atom is -0.381 e. The van der Waals surface area contributed by atoms with Crippen molar-refractivity contribution in [3.8, 4) is 0 Å². The van der Waals surface area contributed by atoms with Crippen molar-refractivity contribution in [1.29, 1.82) is 0 Å². The predicted molar refractivity (Wildman–Crippen MR) is 87.3 cm³/mol. The third-order valence-corrected chi connectivity index (χ3v) is 4.65. The summed E-state index contributed by atoms with van der Waals surface area (Å²) in [6.45, 7) is -3.84. The van der Waals surface area contributed by atoms with Gasteiger partial charge in [-0.15, -0.1) is 0 Å². The Morgan fingerprint density at radius 1 is 0.784 bits per heavy atom. The van der Waals surface area contributed by atoms with Crippen molar-refractivity contribution in [3.05, 3.63) is 0 Å². The van der Waals surface area contributed by atoms with E-state index in [2.05, 4.69) is 14.8 Å². The summed E-state index contributed by atoms with van der Waals surface area (Å²) in [5.74, 6) is -34.8. The number of alkyl halides is 16. The SMILES string of the molecule is NC1(OCC(F)(F)F)NCC(CCOCCC(F)(F)CC(F)(F)C(F)(F)C(F)(F)C(F)(F)C(F)(F)F)O1. The Labute approximate surface area is 196 Å². The third kappa shape index (κ3) is 8.09. The van der Waals surface area contributed by atoms with Gasteiger partial charge in [0.15, 0.2) is 0 Å². The second kappa shape index (κ2) is 10.7. The molecule has 2 unspecified atom stereocenters. The van der Waals surface area contributed by atoms with Crippen molar-refractivity contribution < 1.29 is 84.5 Å². The average molecular weight is 590 g/mol. The normalized spacial score (nSPS) is 23.1. The van der Waals surface area contributed by atoms with E-state index in [4.69, 9.17) is 10.5 Å². The fourth-order valence-electron chi connectivity index (χ4n) is 2.69. The number of hydrogen-bond acceptors (Lipinski definition) is 5. The zero-order valence-electron chi connectivity index (χ0n) is 17.9. The minimum absolute atomic E-state index is 0.230. The topological polar surface area (TPSA) is 65.7 Å². The predicted octanol–water partition coefficient (Wildman–Crippen LogP) is 5.05. The van der Waals surface area contributed by atoms with Gasteiger partial charge in [0.2, 0.25) is 0 Å². The van der Waals surface area contributed by atoms with E-state index in [1.807, 2.05) is 0 Å². The maximum atomic E-state index is 13.7. The first-order valence-corrected chi connectivity index (χ1v) is 9.66. The van der Waals surface area contributed by atoms with E-state index >= 15 is 0 Å². The summed E-state index contributed by atoms with van der Waals surface area (Å²) < 4.78 is 219. The molecule has 37 heavy (non-hydrogen) atoms. The van der Waals surface area contributed by atoms with Gasteiger partial charge in [0, 0.05) is 19.6 Å². The van der Waals surface area contributed by atoms with Crippen LogP contribution >= 0.6 is 0 Å². The number of hydrogen-bond donors (Lipinski definition) is 2. The van der Waals surface area contributed by atoms with Crippen LogP contribution < -0.4 is 11.1 Å². The first-order valence-electron chi connectivity index (χ1n) is 9.66. The van der Waals surface area contributed by atoms with Crippen molar-refractivity contribution in [2.45, 2.75) is 73.4 Å². The van der Waals surface area contributed by atoms with Gasteiger partial charge in [0.05, 0.1) is 19.1 Å². The van der Waals surface area contributed by atoms with Gasteiger partial charge in [0.25, 0.3) is 12.0 Å². The number of ether oxygens (including phenoxy) is 3. The zero-order chi connectivity index (χ0) is 29.4. The summed E-state index contributed by atoms with van der Waals surface area (Å²) in [5.41, 5.74) is 5.33. The molecular weight excluding hydrogens is 572 g/mol. The molecule has 0 radical (unpaired) electrons. The second-order valence-corrected chi connectivity index (χ2v) is 7.80. The molecule has 0 saturated carbocycles. The molecule has 1 aliphatic rings. The summed E-state index contributed by atoms with van der Waals surface area (Å²) in [6, 6.07) is -2.37. The molecule has 1 heterocycles. The van der Waals surface area contributed by atoms with Crippen molar-refractivity contribution >= 4 is 0 Å². The highest BCUT2D eigenvalue weighted by Gasteiger charge is 2.87. The monoisotopic (exact) mass is 590 g/mol. The first-order chi connectivity index (χ1) is 16.2. The molecule has 1 aliphatic heterocycles. The fraction of sp³-hybridized carbons (Fsp3) is 1.00. The van der Waals surface area contributed by atoms with Gasteiger partial charge in [-0.05, 0) is 6.42 Å². The van der Waals surface area contributed by atoms with Crippen LogP contribution in [0.2, 0.25) is 0 Å². The highest BCUT2D eigenvalue weighted by molar-refractivity contribution is 5.07. The molecule has 1 rings (SSSR count). The lowest BCUT2D eigenvalue weighted by molar-refractivity contribution is -0.425. The Hall–Kier alpha value is -1.32. The summed E-state index contributed by atoms with van der Waals surface area (Å²) >= 11 is 0. The van der Waals surface area contributed by atoms with Gasteiger partial charge in [-0.2, -0.15) is 61.5 Å². The van der Waals surface area contributed by atoms with E-state index in [-0.39, 0.29) is 13.0 Å². The van der Waals surface area contributed by atoms with Gasteiger partial charge in [-0.3, -0.25) is 5.73 Å². The first kappa shape index (κ1) is 33.7. The van der Waals surface area contributed by atoms with Crippen LogP contribution in [-0.2, 0) is 14.2 Å². The third-order valence-electron chi connectivity index (χ3n) is 4.65. The molecule has 2 atom stereocenters. The van der Waals surface area contributed by atoms with E-state index in [0.717, 1.165) is 0 Å². The molecule has 1 fully saturated rings. The Morgan fingerprint density at radius 2 is 1.32 bits per heavy atom. The maximum absolute atomic E-state index is 13.7. The number of halogens is 16. The van der Waals surface area contributed by atoms with Crippen molar-refractivity contribution in [1.82, 2.24) is 5.32 Å². The Bertz CT molecular complexity index is 757. The van der Waals surface area contributed by atoms with E-state index in [1.165, 1.54) is 0 Å². The molecule has 0 bridgehead atoms. The van der Waals surface area contributed by atoms with E-state index < -0.39 is 86.8 Å². The molecule has 0 spiro atoms. The molecule has 21 heteroatoms. The van der Waals surface area contributed by atoms with Crippen LogP contribution in [0.15, 0.2) is 0 Å². The minimum atomic E-state index is -7.80. The summed E-state index contributed by atoms with van der Waals surface area (Å²) in [6.07, 6.45) is -18.9. The highest BCUT2D eigenvalue weighted by Crippen LogP contribution is 2.59. The number of nitrogens with one attached hydrogen (secondary N) is 1. The summed E-state index contributed by atoms with van der Waals surface area (Å²) in [4.78, 5) is 0. The van der Waals surface area contributed by atoms with Crippen LogP contribution in [0.25, 0.3) is 0 Å². The van der Waals surface area contributed by atoms with E-state index in [0.29, 0.717) is 0 Å². The van der Waals surface area contributed by atoms with Crippen LogP contribution in [0.1, 0.15) is 19.3 Å². The summed E-state index contributed by atoms with van der Waals surface area (Å²) in [7, 11) is 0. The Morgan fingerprint density at radius 3 is 1.81 bits per heavy atom. The zero-order valence-corrected chi connectivity index (χ0v) is 17.9. The molecule has 0 aromatic rings. The Kier molecular flexibility index (Phi) is 9.73. The second-order valence-electron chi connectivity index (χ2n) is 7.80. The van der Waals surface area contributed by atoms with Crippen LogP contribution in [-0.4, -0.2) is 80.5 Å². The summed E-state index contributed by atoms with van der Waals surface area (Å²) in [5, 5.41) is 2.21. The molecule has 0 amide bonds. The van der Waals surface area contributed by atoms with Crippen LogP contribution in [0, 0.1) is 0 Å². The van der Waals surface area contributed by atoms with Crippen molar-refractivity contribution in [2.24, 2.45) is 5.73 Å². The number of nitrogens with two attached hydrogens (primary N) is 1. The molecule has 3 N–H and O–H groups in total. The van der Waals surface area contributed by atoms with Gasteiger partial charge >= 0.3 is 36.0 Å². The maximum Gasteiger partial charge on any atom is 0.460 e. The largest absolute Gasteiger partial charge is 0.460 e. The molecule has 0 aliphatic carbocycles. The standard InChI is InChI=1S/C16H18F16N2O3/c17-9(18,6-10(19,20)12(24,25)13(26,27)14(28,29)15(30,31)32)2-4-35-3-1-8-5-34-16(33,37-8)36-7-11(21,22)23/h8,34H,1-7,33H2. The lowest BCUT2D eigenvalue weighted by Crippen LogP contribution is -2.67. The van der Waals surface area contributed by atoms with Crippen LogP contribution in [0.4, 0.5) is 70.2 Å². The molecule has 5 nitrogen and oxygen atoms in total. The van der Waals surface area contributed by atoms with Gasteiger partial charge in [-0.1, -0.05) is 0 Å². The van der Waals surface area contributed by atoms with E-state index in [9.17, 15) is 70.2 Å². The van der Waals surface area contributed by atoms with Gasteiger partial charge in [0.1, 0.15) is 6.61 Å². The van der Waals surface area contributed by atoms with Crippen LogP contribution in [0.5, 0.6) is 0 Å². The molecular formula is C16H18F16N2O3. The lowest BCUT2D eigenvalue weighted by Gasteiger charge is -2.38. The molecule has 0 aromatic heterocycles. The van der Waals surface area contributed by atoms with Crippen LogP contribution in [0.3, 0.4) is 0 Å². The lowest BCUT2D eigenvalue weighted by atomic mass is 9.93. The average Bonchev–Trinajstić information content (AvgIpc) is 3.05. The van der Waals surface area contributed by atoms with Gasteiger partial charge in [-0.25, -0.2) is 14.1 Å². The number of rotatable bonds is 13. The van der Waals surface area contributed by atoms with Crippen molar-refractivity contribution in [3.63, 3.8) is 0 Å². The molecule has 222 valence electrons. The quantitative estimate of drug-likeness (QED) is 0.179. The van der Waals surface area contributed by atoms with Gasteiger partial charge < -0.3 is 14.2 Å². The highest BCUT2D eigenvalue weighted by atomic mass is 19.4. The Balaban J connectivity index is 2.61. The smallest absolute Gasteiger partial charge is 0.381 e.